The monoisotopic (exact) mass is 264 g/mol. The minimum atomic E-state index is 0.421. The van der Waals surface area contributed by atoms with Gasteiger partial charge in [0.15, 0.2) is 0 Å². The molecule has 0 aliphatic rings. The Bertz CT molecular complexity index is 441. The van der Waals surface area contributed by atoms with Gasteiger partial charge in [-0.15, -0.1) is 0 Å². The van der Waals surface area contributed by atoms with Gasteiger partial charge in [-0.05, 0) is 20.3 Å². The van der Waals surface area contributed by atoms with Crippen LogP contribution in [0.25, 0.3) is 0 Å². The van der Waals surface area contributed by atoms with E-state index in [2.05, 4.69) is 11.1 Å². The molecule has 1 rings (SSSR count). The van der Waals surface area contributed by atoms with E-state index in [9.17, 15) is 0 Å². The fourth-order valence-corrected chi connectivity index (χ4v) is 1.66. The van der Waals surface area contributed by atoms with E-state index in [4.69, 9.17) is 19.5 Å². The van der Waals surface area contributed by atoms with Crippen LogP contribution in [0.5, 0.6) is 5.75 Å². The number of methoxy groups -OCH3 is 1. The molecule has 1 aromatic rings. The van der Waals surface area contributed by atoms with E-state index < -0.39 is 0 Å². The highest BCUT2D eigenvalue weighted by molar-refractivity contribution is 5.46. The topological polar surface area (TPSA) is 64.4 Å². The van der Waals surface area contributed by atoms with Gasteiger partial charge in [-0.2, -0.15) is 5.26 Å². The molecule has 0 saturated heterocycles. The highest BCUT2D eigenvalue weighted by Gasteiger charge is 2.08. The van der Waals surface area contributed by atoms with Crippen molar-refractivity contribution >= 4 is 0 Å². The molecule has 0 N–H and O–H groups in total. The molecule has 5 heteroatoms. The predicted octanol–water partition coefficient (Wildman–Crippen LogP) is 2.00. The Morgan fingerprint density at radius 1 is 1.21 bits per heavy atom. The van der Waals surface area contributed by atoms with E-state index in [1.165, 1.54) is 0 Å². The summed E-state index contributed by atoms with van der Waals surface area (Å²) in [6.07, 6.45) is 0.868. The number of hydrogen-bond donors (Lipinski definition) is 0. The van der Waals surface area contributed by atoms with Crippen LogP contribution in [0.2, 0.25) is 0 Å². The molecule has 0 radical (unpaired) electrons. The SMILES string of the molecule is COCCCOCCOc1cc(C)nc(C)c1C#N. The van der Waals surface area contributed by atoms with E-state index in [1.807, 2.05) is 6.92 Å². The van der Waals surface area contributed by atoms with Gasteiger partial charge in [0.25, 0.3) is 0 Å². The molecule has 0 spiro atoms. The van der Waals surface area contributed by atoms with Gasteiger partial charge >= 0.3 is 0 Å². The van der Waals surface area contributed by atoms with E-state index >= 15 is 0 Å². The number of pyridine rings is 1. The Labute approximate surface area is 114 Å². The van der Waals surface area contributed by atoms with Crippen LogP contribution < -0.4 is 4.74 Å². The summed E-state index contributed by atoms with van der Waals surface area (Å²) < 4.78 is 15.9. The van der Waals surface area contributed by atoms with Crippen molar-refractivity contribution < 1.29 is 14.2 Å². The zero-order chi connectivity index (χ0) is 14.1. The number of ether oxygens (including phenoxy) is 3. The van der Waals surface area contributed by atoms with Crippen LogP contribution in [0.15, 0.2) is 6.07 Å². The molecular formula is C14H20N2O3. The summed E-state index contributed by atoms with van der Waals surface area (Å²) in [5.74, 6) is 0.577. The number of nitrogens with zero attached hydrogens (tertiary/aromatic N) is 2. The molecule has 104 valence electrons. The third kappa shape index (κ3) is 5.25. The molecule has 0 unspecified atom stereocenters. The Morgan fingerprint density at radius 2 is 2.00 bits per heavy atom. The Hall–Kier alpha value is -1.64. The van der Waals surface area contributed by atoms with Crippen LogP contribution in [0.4, 0.5) is 0 Å². The lowest BCUT2D eigenvalue weighted by molar-refractivity contribution is 0.0805. The number of aromatic nitrogens is 1. The van der Waals surface area contributed by atoms with Crippen LogP contribution in [0.1, 0.15) is 23.4 Å². The minimum Gasteiger partial charge on any atom is -0.490 e. The quantitative estimate of drug-likeness (QED) is 0.672. The Kier molecular flexibility index (Phi) is 6.86. The summed E-state index contributed by atoms with van der Waals surface area (Å²) in [5.41, 5.74) is 2.02. The zero-order valence-electron chi connectivity index (χ0n) is 11.7. The standard InChI is InChI=1S/C14H20N2O3/c1-11-9-14(13(10-15)12(2)16-11)19-8-7-18-6-4-5-17-3/h9H,4-8H2,1-3H3. The fraction of sp³-hybridized carbons (Fsp3) is 0.571. The molecule has 0 saturated carbocycles. The normalized spacial score (nSPS) is 10.2. The highest BCUT2D eigenvalue weighted by Crippen LogP contribution is 2.21. The minimum absolute atomic E-state index is 0.421. The average molecular weight is 264 g/mol. The summed E-state index contributed by atoms with van der Waals surface area (Å²) in [5, 5.41) is 9.07. The molecule has 1 aromatic heterocycles. The summed E-state index contributed by atoms with van der Waals surface area (Å²) in [7, 11) is 1.67. The van der Waals surface area contributed by atoms with Gasteiger partial charge in [0.2, 0.25) is 0 Å². The van der Waals surface area contributed by atoms with E-state index in [0.29, 0.717) is 43.4 Å². The second-order valence-corrected chi connectivity index (χ2v) is 4.14. The van der Waals surface area contributed by atoms with Crippen molar-refractivity contribution in [2.75, 3.05) is 33.5 Å². The summed E-state index contributed by atoms with van der Waals surface area (Å²) in [6.45, 7) is 5.94. The first-order chi connectivity index (χ1) is 9.19. The van der Waals surface area contributed by atoms with Crippen molar-refractivity contribution in [1.82, 2.24) is 4.98 Å². The molecule has 5 nitrogen and oxygen atoms in total. The van der Waals surface area contributed by atoms with Crippen LogP contribution in [-0.4, -0.2) is 38.5 Å². The van der Waals surface area contributed by atoms with Gasteiger partial charge in [-0.1, -0.05) is 0 Å². The van der Waals surface area contributed by atoms with Gasteiger partial charge in [-0.25, -0.2) is 0 Å². The second kappa shape index (κ2) is 8.46. The van der Waals surface area contributed by atoms with Gasteiger partial charge in [0.05, 0.1) is 12.3 Å². The molecule has 1 heterocycles. The molecule has 0 aliphatic heterocycles. The smallest absolute Gasteiger partial charge is 0.140 e. The molecule has 0 aromatic carbocycles. The maximum absolute atomic E-state index is 9.07. The number of aryl methyl sites for hydroxylation is 2. The van der Waals surface area contributed by atoms with Crippen molar-refractivity contribution in [3.63, 3.8) is 0 Å². The van der Waals surface area contributed by atoms with Gasteiger partial charge in [-0.3, -0.25) is 4.98 Å². The maximum Gasteiger partial charge on any atom is 0.140 e. The predicted molar refractivity (Wildman–Crippen MR) is 71.2 cm³/mol. The first kappa shape index (κ1) is 15.4. The number of rotatable bonds is 8. The third-order valence-corrected chi connectivity index (χ3v) is 2.53. The average Bonchev–Trinajstić information content (AvgIpc) is 2.37. The first-order valence-electron chi connectivity index (χ1n) is 6.27. The lowest BCUT2D eigenvalue weighted by Crippen LogP contribution is -2.10. The van der Waals surface area contributed by atoms with Crippen molar-refractivity contribution in [3.8, 4) is 11.8 Å². The maximum atomic E-state index is 9.07. The lowest BCUT2D eigenvalue weighted by atomic mass is 10.2. The molecule has 0 aliphatic carbocycles. The van der Waals surface area contributed by atoms with E-state index in [0.717, 1.165) is 12.1 Å². The van der Waals surface area contributed by atoms with Gasteiger partial charge in [0, 0.05) is 32.1 Å². The Balaban J connectivity index is 2.39. The number of nitriles is 1. The fourth-order valence-electron chi connectivity index (χ4n) is 1.66. The molecular weight excluding hydrogens is 244 g/mol. The van der Waals surface area contributed by atoms with E-state index in [-0.39, 0.29) is 0 Å². The summed E-state index contributed by atoms with van der Waals surface area (Å²) >= 11 is 0. The van der Waals surface area contributed by atoms with E-state index in [1.54, 1.807) is 20.1 Å². The van der Waals surface area contributed by atoms with Gasteiger partial charge < -0.3 is 14.2 Å². The molecule has 19 heavy (non-hydrogen) atoms. The first-order valence-corrected chi connectivity index (χ1v) is 6.27. The van der Waals surface area contributed by atoms with Crippen molar-refractivity contribution in [3.05, 3.63) is 23.0 Å². The lowest BCUT2D eigenvalue weighted by Gasteiger charge is -2.10. The van der Waals surface area contributed by atoms with Crippen molar-refractivity contribution in [1.29, 1.82) is 5.26 Å². The zero-order valence-corrected chi connectivity index (χ0v) is 11.7. The van der Waals surface area contributed by atoms with Crippen LogP contribution >= 0.6 is 0 Å². The largest absolute Gasteiger partial charge is 0.490 e. The molecule has 0 amide bonds. The highest BCUT2D eigenvalue weighted by atomic mass is 16.5. The van der Waals surface area contributed by atoms with Crippen molar-refractivity contribution in [2.24, 2.45) is 0 Å². The van der Waals surface area contributed by atoms with Gasteiger partial charge in [0.1, 0.15) is 24.0 Å². The summed E-state index contributed by atoms with van der Waals surface area (Å²) in [6, 6.07) is 3.89. The second-order valence-electron chi connectivity index (χ2n) is 4.14. The number of hydrogen-bond acceptors (Lipinski definition) is 5. The third-order valence-electron chi connectivity index (χ3n) is 2.53. The van der Waals surface area contributed by atoms with Crippen molar-refractivity contribution in [2.45, 2.75) is 20.3 Å². The van der Waals surface area contributed by atoms with Crippen LogP contribution in [0, 0.1) is 25.2 Å². The molecule has 0 fully saturated rings. The summed E-state index contributed by atoms with van der Waals surface area (Å²) in [4.78, 5) is 4.24. The van der Waals surface area contributed by atoms with Crippen LogP contribution in [0.3, 0.4) is 0 Å². The molecule has 0 bridgehead atoms. The Morgan fingerprint density at radius 3 is 2.68 bits per heavy atom. The molecule has 0 atom stereocenters. The van der Waals surface area contributed by atoms with Crippen LogP contribution in [-0.2, 0) is 9.47 Å².